The van der Waals surface area contributed by atoms with Crippen molar-refractivity contribution in [2.45, 2.75) is 44.1 Å². The summed E-state index contributed by atoms with van der Waals surface area (Å²) >= 11 is 5.65. The summed E-state index contributed by atoms with van der Waals surface area (Å²) in [7, 11) is 3.35. The molecule has 0 radical (unpaired) electrons. The van der Waals surface area contributed by atoms with Crippen LogP contribution in [0, 0.1) is 5.92 Å². The van der Waals surface area contributed by atoms with Crippen LogP contribution in [0.2, 0.25) is 0 Å². The third-order valence-electron chi connectivity index (χ3n) is 4.88. The maximum absolute atomic E-state index is 12.5. The lowest BCUT2D eigenvalue weighted by Gasteiger charge is -2.47. The van der Waals surface area contributed by atoms with E-state index in [1.807, 2.05) is 12.1 Å². The zero-order valence-corrected chi connectivity index (χ0v) is 15.7. The number of likely N-dealkylation sites (N-methyl/N-ethyl adjacent to an activating group) is 1. The van der Waals surface area contributed by atoms with E-state index >= 15 is 0 Å². The van der Waals surface area contributed by atoms with Gasteiger partial charge in [0.1, 0.15) is 6.10 Å². The number of hydrogen-bond donors (Lipinski definition) is 2. The molecule has 7 heteroatoms. The second-order valence-electron chi connectivity index (χ2n) is 6.17. The van der Waals surface area contributed by atoms with Gasteiger partial charge in [-0.2, -0.15) is 0 Å². The number of carbonyl (C=O) groups is 2. The Morgan fingerprint density at radius 2 is 2.16 bits per heavy atom. The molecule has 0 bridgehead atoms. The van der Waals surface area contributed by atoms with E-state index < -0.39 is 17.4 Å². The van der Waals surface area contributed by atoms with Crippen molar-refractivity contribution < 1.29 is 14.3 Å². The van der Waals surface area contributed by atoms with Crippen molar-refractivity contribution in [2.24, 2.45) is 5.92 Å². The van der Waals surface area contributed by atoms with Gasteiger partial charge in [-0.3, -0.25) is 14.6 Å². The maximum Gasteiger partial charge on any atom is 0.305 e. The van der Waals surface area contributed by atoms with Gasteiger partial charge in [-0.25, -0.2) is 0 Å². The lowest BCUT2D eigenvalue weighted by Crippen LogP contribution is -2.59. The predicted molar refractivity (Wildman–Crippen MR) is 99.2 cm³/mol. The zero-order chi connectivity index (χ0) is 18.4. The number of aromatic nitrogens is 1. The normalized spacial score (nSPS) is 25.7. The van der Waals surface area contributed by atoms with Gasteiger partial charge in [0.2, 0.25) is 5.91 Å². The summed E-state index contributed by atoms with van der Waals surface area (Å²) in [5.41, 5.74) is 0.0929. The van der Waals surface area contributed by atoms with Crippen LogP contribution < -0.4 is 10.6 Å². The molecule has 1 saturated carbocycles. The molecule has 1 fully saturated rings. The first-order valence-electron chi connectivity index (χ1n) is 8.55. The van der Waals surface area contributed by atoms with Crippen LogP contribution in [0.25, 0.3) is 0 Å². The second-order valence-corrected chi connectivity index (χ2v) is 6.58. The molecule has 1 aliphatic carbocycles. The first kappa shape index (κ1) is 19.3. The SMILES string of the molecule is CCC(=O)O[C@@H]1C(C(=O)NC)CCC[C@]1(C(=S)NC)c1cccnc1. The fourth-order valence-corrected chi connectivity index (χ4v) is 3.97. The van der Waals surface area contributed by atoms with Gasteiger partial charge >= 0.3 is 5.97 Å². The van der Waals surface area contributed by atoms with Crippen LogP contribution in [0.4, 0.5) is 0 Å². The largest absolute Gasteiger partial charge is 0.460 e. The number of hydrogen-bond acceptors (Lipinski definition) is 5. The van der Waals surface area contributed by atoms with Crippen LogP contribution in [0.3, 0.4) is 0 Å². The highest BCUT2D eigenvalue weighted by Crippen LogP contribution is 2.45. The second kappa shape index (κ2) is 8.38. The molecule has 25 heavy (non-hydrogen) atoms. The summed E-state index contributed by atoms with van der Waals surface area (Å²) < 4.78 is 5.81. The summed E-state index contributed by atoms with van der Waals surface area (Å²) in [6, 6.07) is 3.76. The van der Waals surface area contributed by atoms with Crippen molar-refractivity contribution >= 4 is 29.1 Å². The summed E-state index contributed by atoms with van der Waals surface area (Å²) in [6.45, 7) is 1.74. The zero-order valence-electron chi connectivity index (χ0n) is 14.9. The Bertz CT molecular complexity index is 638. The Morgan fingerprint density at radius 3 is 2.72 bits per heavy atom. The van der Waals surface area contributed by atoms with E-state index in [1.54, 1.807) is 33.4 Å². The van der Waals surface area contributed by atoms with Crippen LogP contribution in [0.5, 0.6) is 0 Å². The molecule has 136 valence electrons. The molecule has 1 unspecified atom stereocenters. The lowest BCUT2D eigenvalue weighted by atomic mass is 9.63. The van der Waals surface area contributed by atoms with Crippen molar-refractivity contribution in [3.05, 3.63) is 30.1 Å². The van der Waals surface area contributed by atoms with Crippen molar-refractivity contribution in [2.75, 3.05) is 14.1 Å². The monoisotopic (exact) mass is 363 g/mol. The molecule has 0 spiro atoms. The van der Waals surface area contributed by atoms with Crippen LogP contribution >= 0.6 is 12.2 Å². The molecular formula is C18H25N3O3S. The first-order chi connectivity index (χ1) is 12.0. The molecule has 1 aromatic rings. The van der Waals surface area contributed by atoms with Gasteiger partial charge in [-0.05, 0) is 24.5 Å². The summed E-state index contributed by atoms with van der Waals surface area (Å²) in [4.78, 5) is 29.4. The number of pyridine rings is 1. The van der Waals surface area contributed by atoms with Gasteiger partial charge < -0.3 is 15.4 Å². The Hall–Kier alpha value is -2.02. The molecule has 1 heterocycles. The van der Waals surface area contributed by atoms with E-state index in [0.717, 1.165) is 12.0 Å². The van der Waals surface area contributed by atoms with E-state index in [9.17, 15) is 9.59 Å². The van der Waals surface area contributed by atoms with Gasteiger partial charge in [0.15, 0.2) is 0 Å². The third kappa shape index (κ3) is 3.66. The van der Waals surface area contributed by atoms with E-state index in [-0.39, 0.29) is 18.3 Å². The summed E-state index contributed by atoms with van der Waals surface area (Å²) in [5, 5.41) is 5.75. The number of rotatable bonds is 5. The molecule has 6 nitrogen and oxygen atoms in total. The predicted octanol–water partition coefficient (Wildman–Crippen LogP) is 1.73. The third-order valence-corrected chi connectivity index (χ3v) is 5.44. The number of thiocarbonyl (C=S) groups is 1. The standard InChI is InChI=1S/C18H25N3O3S/c1-4-14(22)24-15-13(16(23)19-2)8-5-9-18(15,17(25)20-3)12-7-6-10-21-11-12/h6-7,10-11,13,15H,4-5,8-9H2,1-3H3,(H,19,23)(H,20,25)/t13?,15-,18+/m1/s1. The number of nitrogens with zero attached hydrogens (tertiary/aromatic N) is 1. The summed E-state index contributed by atoms with van der Waals surface area (Å²) in [6.07, 6.45) is 5.14. The molecule has 0 saturated heterocycles. The first-order valence-corrected chi connectivity index (χ1v) is 8.95. The van der Waals surface area contributed by atoms with Crippen molar-refractivity contribution in [3.8, 4) is 0 Å². The van der Waals surface area contributed by atoms with Crippen LogP contribution in [-0.2, 0) is 19.7 Å². The van der Waals surface area contributed by atoms with Gasteiger partial charge in [-0.15, -0.1) is 0 Å². The minimum absolute atomic E-state index is 0.138. The van der Waals surface area contributed by atoms with Gasteiger partial charge in [0, 0.05) is 32.9 Å². The van der Waals surface area contributed by atoms with Crippen LogP contribution in [0.15, 0.2) is 24.5 Å². The Kier molecular flexibility index (Phi) is 6.47. The summed E-state index contributed by atoms with van der Waals surface area (Å²) in [5.74, 6) is -0.936. The maximum atomic E-state index is 12.5. The minimum Gasteiger partial charge on any atom is -0.460 e. The number of carbonyl (C=O) groups excluding carboxylic acids is 2. The molecule has 2 N–H and O–H groups in total. The number of amides is 1. The topological polar surface area (TPSA) is 80.3 Å². The highest BCUT2D eigenvalue weighted by molar-refractivity contribution is 7.80. The molecule has 0 aliphatic heterocycles. The molecular weight excluding hydrogens is 338 g/mol. The average molecular weight is 363 g/mol. The Morgan fingerprint density at radius 1 is 1.40 bits per heavy atom. The quantitative estimate of drug-likeness (QED) is 0.613. The van der Waals surface area contributed by atoms with Crippen molar-refractivity contribution in [1.82, 2.24) is 15.6 Å². The highest BCUT2D eigenvalue weighted by atomic mass is 32.1. The lowest BCUT2D eigenvalue weighted by molar-refractivity contribution is -0.159. The van der Waals surface area contributed by atoms with Gasteiger partial charge in [0.05, 0.1) is 16.3 Å². The molecule has 2 rings (SSSR count). The Labute approximate surface area is 153 Å². The molecule has 1 amide bonds. The van der Waals surface area contributed by atoms with Crippen molar-refractivity contribution in [3.63, 3.8) is 0 Å². The smallest absolute Gasteiger partial charge is 0.305 e. The van der Waals surface area contributed by atoms with Crippen molar-refractivity contribution in [1.29, 1.82) is 0 Å². The molecule has 1 aromatic heterocycles. The minimum atomic E-state index is -0.765. The number of esters is 1. The van der Waals surface area contributed by atoms with E-state index in [0.29, 0.717) is 17.8 Å². The Balaban J connectivity index is 2.61. The average Bonchev–Trinajstić information content (AvgIpc) is 2.67. The van der Waals surface area contributed by atoms with Gasteiger partial charge in [-0.1, -0.05) is 31.6 Å². The number of nitrogens with one attached hydrogen (secondary N) is 2. The van der Waals surface area contributed by atoms with Crippen LogP contribution in [-0.4, -0.2) is 42.0 Å². The van der Waals surface area contributed by atoms with E-state index in [2.05, 4.69) is 15.6 Å². The molecule has 0 aromatic carbocycles. The highest BCUT2D eigenvalue weighted by Gasteiger charge is 2.54. The molecule has 1 aliphatic rings. The van der Waals surface area contributed by atoms with Gasteiger partial charge in [0.25, 0.3) is 0 Å². The fourth-order valence-electron chi connectivity index (χ4n) is 3.63. The fraction of sp³-hybridized carbons (Fsp3) is 0.556. The van der Waals surface area contributed by atoms with E-state index in [1.165, 1.54) is 0 Å². The molecule has 3 atom stereocenters. The number of ether oxygens (including phenoxy) is 1. The van der Waals surface area contributed by atoms with Crippen LogP contribution in [0.1, 0.15) is 38.2 Å². The van der Waals surface area contributed by atoms with E-state index in [4.69, 9.17) is 17.0 Å².